The second kappa shape index (κ2) is 8.32. The van der Waals surface area contributed by atoms with Gasteiger partial charge in [-0.2, -0.15) is 0 Å². The van der Waals surface area contributed by atoms with E-state index in [9.17, 15) is 8.42 Å². The summed E-state index contributed by atoms with van der Waals surface area (Å²) in [5.41, 5.74) is 6.22. The van der Waals surface area contributed by atoms with Crippen LogP contribution in [-0.4, -0.2) is 62.6 Å². The molecular formula is C14H31N3O2S. The van der Waals surface area contributed by atoms with Crippen molar-refractivity contribution in [2.45, 2.75) is 45.6 Å². The molecule has 1 aliphatic rings. The molecule has 1 heterocycles. The van der Waals surface area contributed by atoms with Crippen LogP contribution in [0.25, 0.3) is 0 Å². The summed E-state index contributed by atoms with van der Waals surface area (Å²) in [5, 5.41) is 0. The Bertz CT molecular complexity index is 369. The molecule has 0 spiro atoms. The maximum atomic E-state index is 11.6. The van der Waals surface area contributed by atoms with Crippen molar-refractivity contribution in [2.75, 3.05) is 39.0 Å². The first-order valence-electron chi connectivity index (χ1n) is 7.79. The zero-order valence-electron chi connectivity index (χ0n) is 13.2. The van der Waals surface area contributed by atoms with Crippen molar-refractivity contribution in [3.63, 3.8) is 0 Å². The van der Waals surface area contributed by atoms with E-state index in [1.807, 2.05) is 0 Å². The Morgan fingerprint density at radius 2 is 2.00 bits per heavy atom. The number of rotatable bonds is 8. The molecule has 0 aliphatic carbocycles. The van der Waals surface area contributed by atoms with Crippen molar-refractivity contribution >= 4 is 10.0 Å². The van der Waals surface area contributed by atoms with Crippen LogP contribution in [0, 0.1) is 5.92 Å². The standard InChI is InChI=1S/C14H31N3O2S/c1-4-16(5-2)10-8-14(15)11-13-7-6-9-17(12-13)20(3,18)19/h13-14H,4-12,15H2,1-3H3. The van der Waals surface area contributed by atoms with Gasteiger partial charge >= 0.3 is 0 Å². The van der Waals surface area contributed by atoms with Crippen molar-refractivity contribution in [3.8, 4) is 0 Å². The van der Waals surface area contributed by atoms with E-state index in [-0.39, 0.29) is 6.04 Å². The van der Waals surface area contributed by atoms with E-state index >= 15 is 0 Å². The second-order valence-electron chi connectivity index (χ2n) is 5.94. The van der Waals surface area contributed by atoms with Gasteiger partial charge in [-0.1, -0.05) is 13.8 Å². The van der Waals surface area contributed by atoms with Gasteiger partial charge in [-0.15, -0.1) is 0 Å². The molecule has 0 bridgehead atoms. The maximum absolute atomic E-state index is 11.6. The Kier molecular flexibility index (Phi) is 7.43. The van der Waals surface area contributed by atoms with Crippen LogP contribution in [0.3, 0.4) is 0 Å². The van der Waals surface area contributed by atoms with E-state index in [0.717, 1.165) is 45.3 Å². The fourth-order valence-electron chi connectivity index (χ4n) is 2.95. The summed E-state index contributed by atoms with van der Waals surface area (Å²) in [7, 11) is -3.04. The van der Waals surface area contributed by atoms with Gasteiger partial charge in [-0.25, -0.2) is 12.7 Å². The van der Waals surface area contributed by atoms with E-state index in [0.29, 0.717) is 19.0 Å². The minimum Gasteiger partial charge on any atom is -0.328 e. The quantitative estimate of drug-likeness (QED) is 0.729. The highest BCUT2D eigenvalue weighted by Gasteiger charge is 2.26. The Balaban J connectivity index is 2.36. The lowest BCUT2D eigenvalue weighted by Gasteiger charge is -2.32. The average molecular weight is 305 g/mol. The van der Waals surface area contributed by atoms with Gasteiger partial charge in [-0.3, -0.25) is 0 Å². The summed E-state index contributed by atoms with van der Waals surface area (Å²) in [5.74, 6) is 0.421. The predicted octanol–water partition coefficient (Wildman–Crippen LogP) is 1.11. The van der Waals surface area contributed by atoms with Crippen LogP contribution in [0.2, 0.25) is 0 Å². The molecule has 0 aromatic rings. The lowest BCUT2D eigenvalue weighted by atomic mass is 9.91. The van der Waals surface area contributed by atoms with Gasteiger partial charge < -0.3 is 10.6 Å². The smallest absolute Gasteiger partial charge is 0.211 e. The Labute approximate surface area is 124 Å². The normalized spacial score (nSPS) is 23.1. The molecule has 2 atom stereocenters. The number of hydrogen-bond donors (Lipinski definition) is 1. The largest absolute Gasteiger partial charge is 0.328 e. The van der Waals surface area contributed by atoms with E-state index in [4.69, 9.17) is 5.73 Å². The number of nitrogens with zero attached hydrogens (tertiary/aromatic N) is 2. The number of nitrogens with two attached hydrogens (primary N) is 1. The molecule has 5 nitrogen and oxygen atoms in total. The fraction of sp³-hybridized carbons (Fsp3) is 1.00. The van der Waals surface area contributed by atoms with Crippen molar-refractivity contribution in [3.05, 3.63) is 0 Å². The van der Waals surface area contributed by atoms with Crippen molar-refractivity contribution in [2.24, 2.45) is 11.7 Å². The number of sulfonamides is 1. The summed E-state index contributed by atoms with van der Waals surface area (Å²) >= 11 is 0. The topological polar surface area (TPSA) is 66.6 Å². The third-order valence-corrected chi connectivity index (χ3v) is 5.57. The summed E-state index contributed by atoms with van der Waals surface area (Å²) in [4.78, 5) is 2.38. The monoisotopic (exact) mass is 305 g/mol. The highest BCUT2D eigenvalue weighted by atomic mass is 32.2. The van der Waals surface area contributed by atoms with Crippen molar-refractivity contribution in [1.82, 2.24) is 9.21 Å². The summed E-state index contributed by atoms with van der Waals surface area (Å²) in [6, 6.07) is 0.181. The molecule has 0 aromatic heterocycles. The first-order chi connectivity index (χ1) is 9.36. The third kappa shape index (κ3) is 6.08. The van der Waals surface area contributed by atoms with Gasteiger partial charge in [-0.05, 0) is 51.2 Å². The van der Waals surface area contributed by atoms with Gasteiger partial charge in [0.05, 0.1) is 6.26 Å². The molecule has 20 heavy (non-hydrogen) atoms. The Hall–Kier alpha value is -0.170. The van der Waals surface area contributed by atoms with E-state index in [1.54, 1.807) is 4.31 Å². The maximum Gasteiger partial charge on any atom is 0.211 e. The molecule has 1 rings (SSSR count). The molecule has 6 heteroatoms. The SMILES string of the molecule is CCN(CC)CCC(N)CC1CCCN(S(C)(=O)=O)C1. The highest BCUT2D eigenvalue weighted by molar-refractivity contribution is 7.88. The lowest BCUT2D eigenvalue weighted by Crippen LogP contribution is -2.41. The first-order valence-corrected chi connectivity index (χ1v) is 9.64. The minimum absolute atomic E-state index is 0.181. The zero-order chi connectivity index (χ0) is 15.2. The van der Waals surface area contributed by atoms with Gasteiger partial charge in [0.25, 0.3) is 0 Å². The molecule has 0 radical (unpaired) electrons. The summed E-state index contributed by atoms with van der Waals surface area (Å²) in [6.07, 6.45) is 5.30. The molecule has 0 saturated carbocycles. The van der Waals surface area contributed by atoms with Gasteiger partial charge in [0.2, 0.25) is 10.0 Å². The van der Waals surface area contributed by atoms with Crippen LogP contribution >= 0.6 is 0 Å². The van der Waals surface area contributed by atoms with Crippen LogP contribution < -0.4 is 5.73 Å². The lowest BCUT2D eigenvalue weighted by molar-refractivity contribution is 0.233. The minimum atomic E-state index is -3.04. The molecule has 1 saturated heterocycles. The van der Waals surface area contributed by atoms with Gasteiger partial charge in [0, 0.05) is 19.1 Å². The van der Waals surface area contributed by atoms with Crippen molar-refractivity contribution < 1.29 is 8.42 Å². The van der Waals surface area contributed by atoms with Crippen LogP contribution in [0.4, 0.5) is 0 Å². The molecule has 1 fully saturated rings. The van der Waals surface area contributed by atoms with Crippen LogP contribution in [0.1, 0.15) is 39.5 Å². The molecule has 2 unspecified atom stereocenters. The molecular weight excluding hydrogens is 274 g/mol. The highest BCUT2D eigenvalue weighted by Crippen LogP contribution is 2.23. The van der Waals surface area contributed by atoms with Crippen molar-refractivity contribution in [1.29, 1.82) is 0 Å². The number of piperidine rings is 1. The Morgan fingerprint density at radius 3 is 2.55 bits per heavy atom. The molecule has 120 valence electrons. The zero-order valence-corrected chi connectivity index (χ0v) is 14.0. The van der Waals surface area contributed by atoms with Gasteiger partial charge in [0.15, 0.2) is 0 Å². The van der Waals surface area contributed by atoms with Gasteiger partial charge in [0.1, 0.15) is 0 Å². The molecule has 0 amide bonds. The molecule has 0 aromatic carbocycles. The van der Waals surface area contributed by atoms with E-state index in [2.05, 4.69) is 18.7 Å². The number of hydrogen-bond acceptors (Lipinski definition) is 4. The average Bonchev–Trinajstić information content (AvgIpc) is 2.39. The third-order valence-electron chi connectivity index (χ3n) is 4.30. The molecule has 2 N–H and O–H groups in total. The van der Waals surface area contributed by atoms with Crippen LogP contribution in [0.5, 0.6) is 0 Å². The van der Waals surface area contributed by atoms with Crippen LogP contribution in [-0.2, 0) is 10.0 Å². The Morgan fingerprint density at radius 1 is 1.35 bits per heavy atom. The summed E-state index contributed by atoms with van der Waals surface area (Å²) < 4.78 is 24.8. The van der Waals surface area contributed by atoms with E-state index in [1.165, 1.54) is 6.26 Å². The molecule has 1 aliphatic heterocycles. The fourth-order valence-corrected chi connectivity index (χ4v) is 3.90. The second-order valence-corrected chi connectivity index (χ2v) is 7.92. The van der Waals surface area contributed by atoms with E-state index < -0.39 is 10.0 Å². The van der Waals surface area contributed by atoms with Crippen LogP contribution in [0.15, 0.2) is 0 Å². The first kappa shape index (κ1) is 17.9. The summed E-state index contributed by atoms with van der Waals surface area (Å²) in [6.45, 7) is 8.82. The predicted molar refractivity (Wildman–Crippen MR) is 84.1 cm³/mol.